The van der Waals surface area contributed by atoms with Crippen LogP contribution in [0.1, 0.15) is 16.1 Å². The summed E-state index contributed by atoms with van der Waals surface area (Å²) < 4.78 is 1.90. The third-order valence-electron chi connectivity index (χ3n) is 2.00. The molecule has 0 aliphatic heterocycles. The second-order valence-corrected chi connectivity index (χ2v) is 4.69. The Morgan fingerprint density at radius 1 is 1.38 bits per heavy atom. The van der Waals surface area contributed by atoms with Crippen molar-refractivity contribution >= 4 is 29.5 Å². The van der Waals surface area contributed by atoms with Gasteiger partial charge in [0.2, 0.25) is 0 Å². The van der Waals surface area contributed by atoms with E-state index in [9.17, 15) is 4.79 Å². The van der Waals surface area contributed by atoms with Crippen LogP contribution in [0.4, 0.5) is 0 Å². The van der Waals surface area contributed by atoms with Crippen molar-refractivity contribution in [1.29, 1.82) is 0 Å². The van der Waals surface area contributed by atoms with E-state index < -0.39 is 5.97 Å². The van der Waals surface area contributed by atoms with Gasteiger partial charge in [-0.05, 0) is 31.3 Å². The maximum Gasteiger partial charge on any atom is 0.363 e. The summed E-state index contributed by atoms with van der Waals surface area (Å²) in [5, 5.41) is 1.85. The Bertz CT molecular complexity index is 557. The van der Waals surface area contributed by atoms with Crippen LogP contribution in [-0.4, -0.2) is 10.7 Å². The lowest BCUT2D eigenvalue weighted by Gasteiger charge is -2.05. The number of hydrogen-bond acceptors (Lipinski definition) is 4. The maximum atomic E-state index is 11.7. The van der Waals surface area contributed by atoms with E-state index in [1.54, 1.807) is 24.3 Å². The summed E-state index contributed by atoms with van der Waals surface area (Å²) in [7, 11) is 0. The van der Waals surface area contributed by atoms with E-state index in [2.05, 4.69) is 0 Å². The Labute approximate surface area is 102 Å². The third-order valence-corrected chi connectivity index (χ3v) is 3.28. The highest BCUT2D eigenvalue weighted by atomic mass is 32.1. The van der Waals surface area contributed by atoms with Crippen molar-refractivity contribution in [1.82, 2.24) is 4.73 Å². The lowest BCUT2D eigenvalue weighted by molar-refractivity contribution is 0.0449. The van der Waals surface area contributed by atoms with Gasteiger partial charge >= 0.3 is 5.97 Å². The molecule has 0 unspecified atom stereocenters. The Morgan fingerprint density at radius 2 is 2.06 bits per heavy atom. The van der Waals surface area contributed by atoms with Crippen LogP contribution in [0.5, 0.6) is 0 Å². The predicted octanol–water partition coefficient (Wildman–Crippen LogP) is 2.86. The van der Waals surface area contributed by atoms with Gasteiger partial charge in [0.05, 0.1) is 11.3 Å². The van der Waals surface area contributed by atoms with Crippen LogP contribution < -0.4 is 4.84 Å². The first-order valence-electron chi connectivity index (χ1n) is 4.63. The average Bonchev–Trinajstić information content (AvgIpc) is 2.62. The number of aromatic nitrogens is 1. The Hall–Kier alpha value is -1.46. The van der Waals surface area contributed by atoms with E-state index in [1.165, 1.54) is 16.1 Å². The Balaban J connectivity index is 2.24. The van der Waals surface area contributed by atoms with E-state index in [0.29, 0.717) is 9.52 Å². The van der Waals surface area contributed by atoms with E-state index in [-0.39, 0.29) is 0 Å². The summed E-state index contributed by atoms with van der Waals surface area (Å²) in [4.78, 5) is 16.9. The van der Waals surface area contributed by atoms with Gasteiger partial charge in [0.15, 0.2) is 3.95 Å². The molecule has 1 heterocycles. The number of benzene rings is 1. The fourth-order valence-corrected chi connectivity index (χ4v) is 2.16. The number of aryl methyl sites for hydroxylation is 1. The fourth-order valence-electron chi connectivity index (χ4n) is 1.19. The van der Waals surface area contributed by atoms with Crippen molar-refractivity contribution in [2.24, 2.45) is 0 Å². The standard InChI is InChI=1S/C11H9NO2S2/c1-8-7-16-11(15)12(8)14-10(13)9-5-3-2-4-6-9/h2-7H,1H3. The molecule has 2 aromatic rings. The van der Waals surface area contributed by atoms with E-state index in [1.807, 2.05) is 18.4 Å². The average molecular weight is 251 g/mol. The molecule has 0 atom stereocenters. The summed E-state index contributed by atoms with van der Waals surface area (Å²) in [6.45, 7) is 1.84. The van der Waals surface area contributed by atoms with Gasteiger partial charge in [-0.1, -0.05) is 18.2 Å². The molecule has 0 spiro atoms. The van der Waals surface area contributed by atoms with Gasteiger partial charge in [-0.3, -0.25) is 0 Å². The molecule has 0 bridgehead atoms. The topological polar surface area (TPSA) is 31.2 Å². The van der Waals surface area contributed by atoms with Crippen molar-refractivity contribution in [2.75, 3.05) is 0 Å². The molecular formula is C11H9NO2S2. The van der Waals surface area contributed by atoms with Crippen LogP contribution in [0.25, 0.3) is 0 Å². The van der Waals surface area contributed by atoms with Gasteiger partial charge in [-0.2, -0.15) is 4.73 Å². The molecule has 1 aromatic heterocycles. The number of nitrogens with zero attached hydrogens (tertiary/aromatic N) is 1. The Kier molecular flexibility index (Phi) is 3.17. The highest BCUT2D eigenvalue weighted by Gasteiger charge is 2.09. The fraction of sp³-hybridized carbons (Fsp3) is 0.0909. The zero-order valence-corrected chi connectivity index (χ0v) is 10.2. The monoisotopic (exact) mass is 251 g/mol. The molecule has 16 heavy (non-hydrogen) atoms. The molecule has 0 aliphatic rings. The van der Waals surface area contributed by atoms with Gasteiger partial charge < -0.3 is 4.84 Å². The van der Waals surface area contributed by atoms with Crippen LogP contribution in [0.2, 0.25) is 0 Å². The first kappa shape index (κ1) is 11.0. The summed E-state index contributed by atoms with van der Waals surface area (Å²) in [6, 6.07) is 8.83. The molecular weight excluding hydrogens is 242 g/mol. The molecule has 0 amide bonds. The van der Waals surface area contributed by atoms with Crippen LogP contribution in [-0.2, 0) is 0 Å². The second kappa shape index (κ2) is 4.59. The zero-order valence-electron chi connectivity index (χ0n) is 8.54. The van der Waals surface area contributed by atoms with Crippen LogP contribution in [0.3, 0.4) is 0 Å². The Morgan fingerprint density at radius 3 is 2.62 bits per heavy atom. The molecule has 0 fully saturated rings. The maximum absolute atomic E-state index is 11.7. The quantitative estimate of drug-likeness (QED) is 0.769. The summed E-state index contributed by atoms with van der Waals surface area (Å²) in [6.07, 6.45) is 0. The number of rotatable bonds is 2. The number of hydrogen-bond donors (Lipinski definition) is 0. The molecule has 5 heteroatoms. The van der Waals surface area contributed by atoms with Gasteiger partial charge in [0.25, 0.3) is 0 Å². The van der Waals surface area contributed by atoms with Crippen molar-refractivity contribution in [3.05, 3.63) is 50.9 Å². The summed E-state index contributed by atoms with van der Waals surface area (Å²) in [5.41, 5.74) is 1.33. The largest absolute Gasteiger partial charge is 0.363 e. The van der Waals surface area contributed by atoms with Crippen LogP contribution >= 0.6 is 23.6 Å². The van der Waals surface area contributed by atoms with Gasteiger partial charge in [-0.25, -0.2) is 4.79 Å². The second-order valence-electron chi connectivity index (χ2n) is 3.18. The summed E-state index contributed by atoms with van der Waals surface area (Å²) >= 11 is 6.41. The molecule has 0 saturated carbocycles. The minimum atomic E-state index is -0.404. The van der Waals surface area contributed by atoms with Crippen LogP contribution in [0, 0.1) is 10.9 Å². The molecule has 0 aliphatic carbocycles. The minimum Gasteiger partial charge on any atom is -0.329 e. The van der Waals surface area contributed by atoms with E-state index >= 15 is 0 Å². The van der Waals surface area contributed by atoms with E-state index in [4.69, 9.17) is 17.1 Å². The number of carbonyl (C=O) groups is 1. The molecule has 1 aromatic carbocycles. The van der Waals surface area contributed by atoms with Crippen molar-refractivity contribution < 1.29 is 9.63 Å². The first-order valence-corrected chi connectivity index (χ1v) is 5.92. The van der Waals surface area contributed by atoms with Crippen molar-refractivity contribution in [3.8, 4) is 0 Å². The molecule has 0 N–H and O–H groups in total. The van der Waals surface area contributed by atoms with Crippen molar-refractivity contribution in [3.63, 3.8) is 0 Å². The van der Waals surface area contributed by atoms with Gasteiger partial charge in [-0.15, -0.1) is 11.3 Å². The first-order chi connectivity index (χ1) is 7.68. The lowest BCUT2D eigenvalue weighted by atomic mass is 10.2. The molecule has 0 radical (unpaired) electrons. The predicted molar refractivity (Wildman–Crippen MR) is 65.2 cm³/mol. The normalized spacial score (nSPS) is 10.1. The van der Waals surface area contributed by atoms with E-state index in [0.717, 1.165) is 5.69 Å². The van der Waals surface area contributed by atoms with Gasteiger partial charge in [0.1, 0.15) is 0 Å². The van der Waals surface area contributed by atoms with Gasteiger partial charge in [0, 0.05) is 5.38 Å². The lowest BCUT2D eigenvalue weighted by Crippen LogP contribution is -2.20. The molecule has 2 rings (SSSR count). The third kappa shape index (κ3) is 2.20. The summed E-state index contributed by atoms with van der Waals surface area (Å²) in [5.74, 6) is -0.404. The highest BCUT2D eigenvalue weighted by Crippen LogP contribution is 2.09. The molecule has 3 nitrogen and oxygen atoms in total. The SMILES string of the molecule is Cc1csc(=S)n1OC(=O)c1ccccc1. The highest BCUT2D eigenvalue weighted by molar-refractivity contribution is 7.73. The zero-order chi connectivity index (χ0) is 11.5. The van der Waals surface area contributed by atoms with Crippen molar-refractivity contribution in [2.45, 2.75) is 6.92 Å². The van der Waals surface area contributed by atoms with Crippen LogP contribution in [0.15, 0.2) is 35.7 Å². The smallest absolute Gasteiger partial charge is 0.329 e. The molecule has 0 saturated heterocycles. The minimum absolute atomic E-state index is 0.404. The number of carbonyl (C=O) groups excluding carboxylic acids is 1. The number of thiazole rings is 1. The molecule has 82 valence electrons.